The van der Waals surface area contributed by atoms with Gasteiger partial charge in [-0.15, -0.1) is 0 Å². The van der Waals surface area contributed by atoms with Crippen LogP contribution >= 0.6 is 0 Å². The molecule has 1 N–H and O–H groups in total. The number of hydrogen-bond acceptors (Lipinski definition) is 4. The maximum absolute atomic E-state index is 4.73. The highest BCUT2D eigenvalue weighted by molar-refractivity contribution is 5.33. The summed E-state index contributed by atoms with van der Waals surface area (Å²) in [5, 5.41) is 3.42. The van der Waals surface area contributed by atoms with E-state index in [9.17, 15) is 0 Å². The predicted octanol–water partition coefficient (Wildman–Crippen LogP) is 3.30. The Hall–Kier alpha value is -1.16. The first-order valence-corrected chi connectivity index (χ1v) is 8.37. The van der Waals surface area contributed by atoms with Crippen LogP contribution in [0.2, 0.25) is 0 Å². The van der Waals surface area contributed by atoms with E-state index >= 15 is 0 Å². The van der Waals surface area contributed by atoms with Crippen molar-refractivity contribution in [2.45, 2.75) is 65.5 Å². The fourth-order valence-corrected chi connectivity index (χ4v) is 3.14. The molecule has 0 aliphatic heterocycles. The summed E-state index contributed by atoms with van der Waals surface area (Å²) in [5.74, 6) is 1.70. The Morgan fingerprint density at radius 3 is 2.86 bits per heavy atom. The zero-order valence-electron chi connectivity index (χ0n) is 14.0. The van der Waals surface area contributed by atoms with Crippen LogP contribution in [0.15, 0.2) is 6.20 Å². The number of hydrogen-bond donors (Lipinski definition) is 1. The number of nitrogens with one attached hydrogen (secondary N) is 1. The van der Waals surface area contributed by atoms with Crippen molar-refractivity contribution in [1.82, 2.24) is 15.3 Å². The van der Waals surface area contributed by atoms with Gasteiger partial charge in [0.05, 0.1) is 0 Å². The minimum absolute atomic E-state index is 0.595. The van der Waals surface area contributed by atoms with Crippen molar-refractivity contribution in [2.24, 2.45) is 5.92 Å². The van der Waals surface area contributed by atoms with Crippen LogP contribution in [0.5, 0.6) is 0 Å². The lowest BCUT2D eigenvalue weighted by molar-refractivity contribution is 0.334. The number of aryl methyl sites for hydroxylation is 1. The Labute approximate surface area is 129 Å². The molecule has 4 heteroatoms. The van der Waals surface area contributed by atoms with Crippen molar-refractivity contribution in [3.05, 3.63) is 17.5 Å². The molecular weight excluding hydrogens is 260 g/mol. The standard InChI is InChI=1S/C17H30N4/c1-5-9-18-11-15-12-19-17(20-14(15)3)21(4)16-8-6-7-13(2)10-16/h12-13,16,18H,5-11H2,1-4H3. The molecule has 0 bridgehead atoms. The van der Waals surface area contributed by atoms with Gasteiger partial charge >= 0.3 is 0 Å². The summed E-state index contributed by atoms with van der Waals surface area (Å²) in [7, 11) is 2.15. The zero-order chi connectivity index (χ0) is 15.2. The van der Waals surface area contributed by atoms with E-state index < -0.39 is 0 Å². The molecule has 1 heterocycles. The van der Waals surface area contributed by atoms with Crippen molar-refractivity contribution in [1.29, 1.82) is 0 Å². The van der Waals surface area contributed by atoms with E-state index in [1.54, 1.807) is 0 Å². The summed E-state index contributed by atoms with van der Waals surface area (Å²) in [4.78, 5) is 11.6. The predicted molar refractivity (Wildman–Crippen MR) is 88.6 cm³/mol. The number of rotatable bonds is 6. The van der Waals surface area contributed by atoms with Crippen molar-refractivity contribution < 1.29 is 0 Å². The summed E-state index contributed by atoms with van der Waals surface area (Å²) < 4.78 is 0. The van der Waals surface area contributed by atoms with Gasteiger partial charge in [-0.2, -0.15) is 0 Å². The van der Waals surface area contributed by atoms with Crippen LogP contribution in [-0.2, 0) is 6.54 Å². The number of aromatic nitrogens is 2. The summed E-state index contributed by atoms with van der Waals surface area (Å²) >= 11 is 0. The van der Waals surface area contributed by atoms with Crippen LogP contribution in [0.1, 0.15) is 57.2 Å². The molecule has 0 saturated heterocycles. The highest BCUT2D eigenvalue weighted by Crippen LogP contribution is 2.28. The van der Waals surface area contributed by atoms with Crippen molar-refractivity contribution in [2.75, 3.05) is 18.5 Å². The summed E-state index contributed by atoms with van der Waals surface area (Å²) in [6, 6.07) is 0.595. The molecule has 0 aromatic carbocycles. The molecule has 0 amide bonds. The maximum atomic E-state index is 4.73. The lowest BCUT2D eigenvalue weighted by Crippen LogP contribution is -2.36. The molecule has 2 unspecified atom stereocenters. The van der Waals surface area contributed by atoms with Gasteiger partial charge in [-0.1, -0.05) is 26.7 Å². The van der Waals surface area contributed by atoms with E-state index in [1.807, 2.05) is 6.20 Å². The second-order valence-corrected chi connectivity index (χ2v) is 6.49. The van der Waals surface area contributed by atoms with Gasteiger partial charge in [0.2, 0.25) is 5.95 Å². The van der Waals surface area contributed by atoms with E-state index in [4.69, 9.17) is 4.98 Å². The lowest BCUT2D eigenvalue weighted by atomic mass is 9.86. The van der Waals surface area contributed by atoms with Gasteiger partial charge in [0.1, 0.15) is 0 Å². The van der Waals surface area contributed by atoms with Gasteiger partial charge in [0.25, 0.3) is 0 Å². The molecule has 1 aliphatic rings. The molecule has 1 aromatic heterocycles. The Kier molecular flexibility index (Phi) is 5.97. The molecule has 1 aromatic rings. The van der Waals surface area contributed by atoms with E-state index in [0.29, 0.717) is 6.04 Å². The minimum atomic E-state index is 0.595. The second-order valence-electron chi connectivity index (χ2n) is 6.49. The second kappa shape index (κ2) is 7.74. The Balaban J connectivity index is 2.01. The highest BCUT2D eigenvalue weighted by atomic mass is 15.3. The topological polar surface area (TPSA) is 41.1 Å². The molecule has 2 atom stereocenters. The fourth-order valence-electron chi connectivity index (χ4n) is 3.14. The quantitative estimate of drug-likeness (QED) is 0.816. The molecule has 118 valence electrons. The van der Waals surface area contributed by atoms with Crippen molar-refractivity contribution in [3.63, 3.8) is 0 Å². The lowest BCUT2D eigenvalue weighted by Gasteiger charge is -2.34. The van der Waals surface area contributed by atoms with Crippen LogP contribution < -0.4 is 10.2 Å². The molecule has 0 spiro atoms. The minimum Gasteiger partial charge on any atom is -0.341 e. The third-order valence-corrected chi connectivity index (χ3v) is 4.58. The maximum Gasteiger partial charge on any atom is 0.225 e. The first-order valence-electron chi connectivity index (χ1n) is 8.37. The third kappa shape index (κ3) is 4.40. The Morgan fingerprint density at radius 1 is 1.38 bits per heavy atom. The summed E-state index contributed by atoms with van der Waals surface area (Å²) in [5.41, 5.74) is 2.30. The van der Waals surface area contributed by atoms with Gasteiger partial charge < -0.3 is 10.2 Å². The molecule has 1 aliphatic carbocycles. The van der Waals surface area contributed by atoms with Gasteiger partial charge in [0.15, 0.2) is 0 Å². The largest absolute Gasteiger partial charge is 0.341 e. The van der Waals surface area contributed by atoms with Gasteiger partial charge in [0, 0.05) is 37.1 Å². The SMILES string of the molecule is CCCNCc1cnc(N(C)C2CCCC(C)C2)nc1C. The molecule has 2 rings (SSSR count). The van der Waals surface area contributed by atoms with Gasteiger partial charge in [-0.05, 0) is 38.6 Å². The summed E-state index contributed by atoms with van der Waals surface area (Å²) in [6.45, 7) is 8.53. The molecule has 4 nitrogen and oxygen atoms in total. The fraction of sp³-hybridized carbons (Fsp3) is 0.765. The van der Waals surface area contributed by atoms with Gasteiger partial charge in [-0.3, -0.25) is 0 Å². The van der Waals surface area contributed by atoms with Crippen molar-refractivity contribution in [3.8, 4) is 0 Å². The normalized spacial score (nSPS) is 22.3. The van der Waals surface area contributed by atoms with Crippen LogP contribution in [0.25, 0.3) is 0 Å². The van der Waals surface area contributed by atoms with Crippen LogP contribution in [-0.4, -0.2) is 29.6 Å². The van der Waals surface area contributed by atoms with E-state index in [0.717, 1.165) is 37.1 Å². The number of nitrogens with zero attached hydrogens (tertiary/aromatic N) is 3. The molecule has 1 fully saturated rings. The third-order valence-electron chi connectivity index (χ3n) is 4.58. The molecule has 0 radical (unpaired) electrons. The molecule has 1 saturated carbocycles. The van der Waals surface area contributed by atoms with Crippen LogP contribution in [0.4, 0.5) is 5.95 Å². The molecular formula is C17H30N4. The monoisotopic (exact) mass is 290 g/mol. The molecule has 21 heavy (non-hydrogen) atoms. The zero-order valence-corrected chi connectivity index (χ0v) is 14.0. The van der Waals surface area contributed by atoms with Crippen LogP contribution in [0, 0.1) is 12.8 Å². The van der Waals surface area contributed by atoms with E-state index in [-0.39, 0.29) is 0 Å². The smallest absolute Gasteiger partial charge is 0.225 e. The van der Waals surface area contributed by atoms with Gasteiger partial charge in [-0.25, -0.2) is 9.97 Å². The van der Waals surface area contributed by atoms with E-state index in [2.05, 4.69) is 43.0 Å². The van der Waals surface area contributed by atoms with Crippen LogP contribution in [0.3, 0.4) is 0 Å². The van der Waals surface area contributed by atoms with E-state index in [1.165, 1.54) is 31.2 Å². The highest BCUT2D eigenvalue weighted by Gasteiger charge is 2.24. The Morgan fingerprint density at radius 2 is 2.19 bits per heavy atom. The first-order chi connectivity index (χ1) is 10.1. The summed E-state index contributed by atoms with van der Waals surface area (Å²) in [6.07, 6.45) is 8.37. The first kappa shape index (κ1) is 16.2. The average Bonchev–Trinajstić information content (AvgIpc) is 2.48. The average molecular weight is 290 g/mol. The van der Waals surface area contributed by atoms with Crippen molar-refractivity contribution >= 4 is 5.95 Å². The Bertz CT molecular complexity index is 446. The number of anilines is 1.